The van der Waals surface area contributed by atoms with Crippen LogP contribution < -0.4 is 0 Å². The first-order chi connectivity index (χ1) is 16.9. The lowest BCUT2D eigenvalue weighted by atomic mass is 9.92. The van der Waals surface area contributed by atoms with Crippen molar-refractivity contribution in [3.63, 3.8) is 0 Å². The fraction of sp³-hybridized carbons (Fsp3) is 0.481. The van der Waals surface area contributed by atoms with Gasteiger partial charge in [0.2, 0.25) is 10.0 Å². The first-order valence-electron chi connectivity index (χ1n) is 12.5. The summed E-state index contributed by atoms with van der Waals surface area (Å²) >= 11 is 0. The molecule has 1 aliphatic carbocycles. The van der Waals surface area contributed by atoms with E-state index in [1.54, 1.807) is 11.0 Å². The Hall–Kier alpha value is -2.71. The van der Waals surface area contributed by atoms with Crippen LogP contribution in [0.4, 0.5) is 0 Å². The second kappa shape index (κ2) is 10.1. The second-order valence-corrected chi connectivity index (χ2v) is 11.7. The zero-order valence-corrected chi connectivity index (χ0v) is 20.8. The number of ether oxygens (including phenoxy) is 1. The molecule has 0 unspecified atom stereocenters. The Kier molecular flexibility index (Phi) is 6.93. The SMILES string of the molecule is O=C(OCC(=O)N1CCc2ccccc2C1)C1CCN(S(=O)(=O)c2ccc3c(c2)CCCC3)CC1. The molecule has 8 heteroatoms. The number of amides is 1. The summed E-state index contributed by atoms with van der Waals surface area (Å²) in [6, 6.07) is 13.6. The number of carbonyl (C=O) groups is 2. The maximum Gasteiger partial charge on any atom is 0.309 e. The third-order valence-electron chi connectivity index (χ3n) is 7.57. The maximum atomic E-state index is 13.2. The average Bonchev–Trinajstić information content (AvgIpc) is 2.91. The van der Waals surface area contributed by atoms with Crippen molar-refractivity contribution in [2.45, 2.75) is 56.4 Å². The van der Waals surface area contributed by atoms with Gasteiger partial charge in [-0.15, -0.1) is 0 Å². The fourth-order valence-electron chi connectivity index (χ4n) is 5.40. The highest BCUT2D eigenvalue weighted by atomic mass is 32.2. The number of hydrogen-bond acceptors (Lipinski definition) is 5. The Labute approximate surface area is 207 Å². The summed E-state index contributed by atoms with van der Waals surface area (Å²) in [5.74, 6) is -0.998. The summed E-state index contributed by atoms with van der Waals surface area (Å²) in [4.78, 5) is 27.3. The van der Waals surface area contributed by atoms with Crippen LogP contribution >= 0.6 is 0 Å². The van der Waals surface area contributed by atoms with Crippen molar-refractivity contribution < 1.29 is 22.7 Å². The van der Waals surface area contributed by atoms with E-state index < -0.39 is 16.0 Å². The van der Waals surface area contributed by atoms with Crippen LogP contribution in [0, 0.1) is 5.92 Å². The van der Waals surface area contributed by atoms with Gasteiger partial charge in [-0.1, -0.05) is 30.3 Å². The van der Waals surface area contributed by atoms with Crippen molar-refractivity contribution in [3.05, 3.63) is 64.7 Å². The van der Waals surface area contributed by atoms with Crippen LogP contribution in [-0.4, -0.2) is 55.7 Å². The molecule has 5 rings (SSSR count). The average molecular weight is 497 g/mol. The third kappa shape index (κ3) is 5.14. The normalized spacial score (nSPS) is 19.0. The van der Waals surface area contributed by atoms with Gasteiger partial charge in [-0.3, -0.25) is 9.59 Å². The molecule has 0 bridgehead atoms. The quantitative estimate of drug-likeness (QED) is 0.594. The predicted molar refractivity (Wildman–Crippen MR) is 131 cm³/mol. The van der Waals surface area contributed by atoms with E-state index in [0.717, 1.165) is 43.2 Å². The molecule has 0 saturated carbocycles. The zero-order valence-electron chi connectivity index (χ0n) is 19.9. The van der Waals surface area contributed by atoms with Crippen molar-refractivity contribution in [2.75, 3.05) is 26.2 Å². The van der Waals surface area contributed by atoms with E-state index in [1.807, 2.05) is 30.3 Å². The Morgan fingerprint density at radius 1 is 0.857 bits per heavy atom. The van der Waals surface area contributed by atoms with Crippen molar-refractivity contribution in [2.24, 2.45) is 5.92 Å². The summed E-state index contributed by atoms with van der Waals surface area (Å²) in [5.41, 5.74) is 4.77. The van der Waals surface area contributed by atoms with Gasteiger partial charge in [0.15, 0.2) is 6.61 Å². The van der Waals surface area contributed by atoms with Gasteiger partial charge in [0.05, 0.1) is 10.8 Å². The van der Waals surface area contributed by atoms with Gasteiger partial charge in [-0.05, 0) is 79.3 Å². The number of sulfonamides is 1. The number of carbonyl (C=O) groups excluding carboxylic acids is 2. The van der Waals surface area contributed by atoms with Gasteiger partial charge < -0.3 is 9.64 Å². The second-order valence-electron chi connectivity index (χ2n) is 9.76. The van der Waals surface area contributed by atoms with Crippen LogP contribution in [-0.2, 0) is 50.2 Å². The van der Waals surface area contributed by atoms with Gasteiger partial charge in [0, 0.05) is 26.2 Å². The van der Waals surface area contributed by atoms with E-state index in [9.17, 15) is 18.0 Å². The lowest BCUT2D eigenvalue weighted by molar-refractivity contribution is -0.156. The monoisotopic (exact) mass is 496 g/mol. The molecule has 0 radical (unpaired) electrons. The molecular formula is C27H32N2O5S. The van der Waals surface area contributed by atoms with Crippen LogP contribution in [0.1, 0.15) is 47.9 Å². The third-order valence-corrected chi connectivity index (χ3v) is 9.46. The van der Waals surface area contributed by atoms with Crippen molar-refractivity contribution in [3.8, 4) is 0 Å². The molecule has 7 nitrogen and oxygen atoms in total. The smallest absolute Gasteiger partial charge is 0.309 e. The molecule has 1 amide bonds. The molecule has 35 heavy (non-hydrogen) atoms. The van der Waals surface area contributed by atoms with E-state index in [4.69, 9.17) is 4.74 Å². The van der Waals surface area contributed by atoms with Crippen LogP contribution in [0.5, 0.6) is 0 Å². The summed E-state index contributed by atoms with van der Waals surface area (Å²) < 4.78 is 33.2. The minimum Gasteiger partial charge on any atom is -0.455 e. The molecule has 3 aliphatic rings. The highest BCUT2D eigenvalue weighted by Crippen LogP contribution is 2.28. The molecule has 0 atom stereocenters. The Bertz CT molecular complexity index is 1220. The molecule has 2 aliphatic heterocycles. The molecule has 1 fully saturated rings. The van der Waals surface area contributed by atoms with Gasteiger partial charge in [-0.2, -0.15) is 4.31 Å². The maximum absolute atomic E-state index is 13.2. The van der Waals surface area contributed by atoms with Crippen molar-refractivity contribution >= 4 is 21.9 Å². The topological polar surface area (TPSA) is 84.0 Å². The Morgan fingerprint density at radius 2 is 1.54 bits per heavy atom. The minimum absolute atomic E-state index is 0.194. The molecule has 0 spiro atoms. The van der Waals surface area contributed by atoms with Crippen LogP contribution in [0.2, 0.25) is 0 Å². The Balaban J connectivity index is 1.12. The standard InChI is InChI=1S/C27H32N2O5S/c30-26(28-14-11-21-6-2-4-8-24(21)18-28)19-34-27(31)22-12-15-29(16-13-22)35(32,33)25-10-9-20-5-1-3-7-23(20)17-25/h2,4,6,8-10,17,22H,1,3,5,7,11-16,18-19H2. The first kappa shape index (κ1) is 24.0. The van der Waals surface area contributed by atoms with Gasteiger partial charge in [0.1, 0.15) is 0 Å². The number of fused-ring (bicyclic) bond motifs is 2. The van der Waals surface area contributed by atoms with Gasteiger partial charge in [-0.25, -0.2) is 8.42 Å². The molecule has 2 heterocycles. The highest BCUT2D eigenvalue weighted by molar-refractivity contribution is 7.89. The van der Waals surface area contributed by atoms with Crippen LogP contribution in [0.3, 0.4) is 0 Å². The minimum atomic E-state index is -3.59. The summed E-state index contributed by atoms with van der Waals surface area (Å²) in [6.07, 6.45) is 5.78. The molecule has 186 valence electrons. The van der Waals surface area contributed by atoms with Crippen LogP contribution in [0.25, 0.3) is 0 Å². The zero-order chi connectivity index (χ0) is 24.4. The molecule has 2 aromatic rings. The molecule has 2 aromatic carbocycles. The number of nitrogens with zero attached hydrogens (tertiary/aromatic N) is 2. The number of rotatable bonds is 5. The highest BCUT2D eigenvalue weighted by Gasteiger charge is 2.33. The molecule has 1 saturated heterocycles. The lowest BCUT2D eigenvalue weighted by Gasteiger charge is -2.31. The number of benzene rings is 2. The van der Waals surface area contributed by atoms with Crippen LogP contribution in [0.15, 0.2) is 47.4 Å². The summed E-state index contributed by atoms with van der Waals surface area (Å²) in [6.45, 7) is 1.43. The molecule has 0 N–H and O–H groups in total. The van der Waals surface area contributed by atoms with E-state index in [2.05, 4.69) is 6.07 Å². The number of hydrogen-bond donors (Lipinski definition) is 0. The number of piperidine rings is 1. The largest absolute Gasteiger partial charge is 0.455 e. The van der Waals surface area contributed by atoms with Crippen molar-refractivity contribution in [1.82, 2.24) is 9.21 Å². The van der Waals surface area contributed by atoms with E-state index in [-0.39, 0.29) is 31.5 Å². The summed E-state index contributed by atoms with van der Waals surface area (Å²) in [5, 5.41) is 0. The van der Waals surface area contributed by atoms with E-state index in [0.29, 0.717) is 30.8 Å². The molecular weight excluding hydrogens is 464 g/mol. The predicted octanol–water partition coefficient (Wildman–Crippen LogP) is 3.09. The molecule has 0 aromatic heterocycles. The lowest BCUT2D eigenvalue weighted by Crippen LogP contribution is -2.42. The van der Waals surface area contributed by atoms with Crippen molar-refractivity contribution in [1.29, 1.82) is 0 Å². The fourth-order valence-corrected chi connectivity index (χ4v) is 6.92. The first-order valence-corrected chi connectivity index (χ1v) is 14.0. The Morgan fingerprint density at radius 3 is 2.31 bits per heavy atom. The number of esters is 1. The summed E-state index contributed by atoms with van der Waals surface area (Å²) in [7, 11) is -3.59. The number of aryl methyl sites for hydroxylation is 2. The van der Waals surface area contributed by atoms with E-state index >= 15 is 0 Å². The van der Waals surface area contributed by atoms with Gasteiger partial charge >= 0.3 is 5.97 Å². The van der Waals surface area contributed by atoms with Gasteiger partial charge in [0.25, 0.3) is 5.91 Å². The van der Waals surface area contributed by atoms with E-state index in [1.165, 1.54) is 15.4 Å².